The molecule has 4 heteroatoms. The summed E-state index contributed by atoms with van der Waals surface area (Å²) in [6.45, 7) is 2.07. The number of nitrogens with two attached hydrogens (primary N) is 1. The first-order valence-electron chi connectivity index (χ1n) is 6.56. The van der Waals surface area contributed by atoms with Crippen LogP contribution < -0.4 is 5.73 Å². The SMILES string of the molecule is NC(=NC1CC(c2cccc(F)c2)C1)N1CCC1. The summed E-state index contributed by atoms with van der Waals surface area (Å²) in [5, 5.41) is 0. The smallest absolute Gasteiger partial charge is 0.191 e. The van der Waals surface area contributed by atoms with Crippen molar-refractivity contribution in [3.05, 3.63) is 35.6 Å². The molecule has 1 aliphatic carbocycles. The monoisotopic (exact) mass is 247 g/mol. The summed E-state index contributed by atoms with van der Waals surface area (Å²) in [5.41, 5.74) is 7.00. The summed E-state index contributed by atoms with van der Waals surface area (Å²) in [7, 11) is 0. The fourth-order valence-corrected chi connectivity index (χ4v) is 2.54. The van der Waals surface area contributed by atoms with Crippen LogP contribution in [0, 0.1) is 5.82 Å². The van der Waals surface area contributed by atoms with E-state index in [1.807, 2.05) is 6.07 Å². The van der Waals surface area contributed by atoms with Crippen LogP contribution in [0.25, 0.3) is 0 Å². The zero-order valence-corrected chi connectivity index (χ0v) is 10.3. The van der Waals surface area contributed by atoms with Crippen LogP contribution in [-0.2, 0) is 0 Å². The van der Waals surface area contributed by atoms with Crippen LogP contribution in [0.2, 0.25) is 0 Å². The van der Waals surface area contributed by atoms with Crippen molar-refractivity contribution in [1.82, 2.24) is 4.90 Å². The van der Waals surface area contributed by atoms with Crippen molar-refractivity contribution < 1.29 is 4.39 Å². The van der Waals surface area contributed by atoms with E-state index >= 15 is 0 Å². The molecule has 0 atom stereocenters. The van der Waals surface area contributed by atoms with Gasteiger partial charge >= 0.3 is 0 Å². The van der Waals surface area contributed by atoms with Crippen LogP contribution in [0.15, 0.2) is 29.3 Å². The number of halogens is 1. The van der Waals surface area contributed by atoms with Gasteiger partial charge in [-0.1, -0.05) is 12.1 Å². The number of guanidine groups is 1. The predicted molar refractivity (Wildman–Crippen MR) is 70.0 cm³/mol. The van der Waals surface area contributed by atoms with Gasteiger partial charge in [0.25, 0.3) is 0 Å². The molecule has 2 N–H and O–H groups in total. The van der Waals surface area contributed by atoms with Crippen molar-refractivity contribution in [2.75, 3.05) is 13.1 Å². The van der Waals surface area contributed by atoms with Crippen LogP contribution in [0.1, 0.15) is 30.7 Å². The van der Waals surface area contributed by atoms with Gasteiger partial charge in [0.2, 0.25) is 0 Å². The normalized spacial score (nSPS) is 27.6. The van der Waals surface area contributed by atoms with Crippen molar-refractivity contribution >= 4 is 5.96 Å². The molecule has 18 heavy (non-hydrogen) atoms. The predicted octanol–water partition coefficient (Wildman–Crippen LogP) is 2.09. The van der Waals surface area contributed by atoms with Crippen molar-refractivity contribution in [3.63, 3.8) is 0 Å². The average molecular weight is 247 g/mol. The number of aliphatic imine (C=N–C) groups is 1. The van der Waals surface area contributed by atoms with E-state index in [4.69, 9.17) is 5.73 Å². The van der Waals surface area contributed by atoms with Gasteiger partial charge in [-0.2, -0.15) is 0 Å². The zero-order chi connectivity index (χ0) is 12.5. The first kappa shape index (κ1) is 11.5. The Bertz CT molecular complexity index is 462. The molecule has 3 rings (SSSR count). The second kappa shape index (κ2) is 4.59. The van der Waals surface area contributed by atoms with E-state index in [-0.39, 0.29) is 5.82 Å². The third kappa shape index (κ3) is 2.19. The molecule has 1 aliphatic heterocycles. The maximum Gasteiger partial charge on any atom is 0.191 e. The Hall–Kier alpha value is -1.58. The van der Waals surface area contributed by atoms with Crippen LogP contribution >= 0.6 is 0 Å². The summed E-state index contributed by atoms with van der Waals surface area (Å²) < 4.78 is 13.1. The minimum absolute atomic E-state index is 0.153. The van der Waals surface area contributed by atoms with E-state index in [1.165, 1.54) is 12.5 Å². The second-order valence-electron chi connectivity index (χ2n) is 5.21. The van der Waals surface area contributed by atoms with Gasteiger partial charge in [0.1, 0.15) is 5.82 Å². The molecule has 2 aliphatic rings. The van der Waals surface area contributed by atoms with Crippen molar-refractivity contribution in [2.24, 2.45) is 10.7 Å². The fraction of sp³-hybridized carbons (Fsp3) is 0.500. The summed E-state index contributed by atoms with van der Waals surface area (Å²) in [6, 6.07) is 7.20. The maximum atomic E-state index is 13.1. The lowest BCUT2D eigenvalue weighted by atomic mass is 9.76. The fourth-order valence-electron chi connectivity index (χ4n) is 2.54. The van der Waals surface area contributed by atoms with E-state index < -0.39 is 0 Å². The molecule has 0 aromatic heterocycles. The van der Waals surface area contributed by atoms with Crippen molar-refractivity contribution in [3.8, 4) is 0 Å². The van der Waals surface area contributed by atoms with E-state index in [9.17, 15) is 4.39 Å². The molecule has 1 saturated heterocycles. The van der Waals surface area contributed by atoms with Crippen LogP contribution in [0.3, 0.4) is 0 Å². The number of hydrogen-bond donors (Lipinski definition) is 1. The Morgan fingerprint density at radius 2 is 2.11 bits per heavy atom. The summed E-state index contributed by atoms with van der Waals surface area (Å²) in [6.07, 6.45) is 3.18. The highest BCUT2D eigenvalue weighted by molar-refractivity contribution is 5.79. The van der Waals surface area contributed by atoms with Crippen molar-refractivity contribution in [1.29, 1.82) is 0 Å². The van der Waals surface area contributed by atoms with Gasteiger partial charge in [0.15, 0.2) is 5.96 Å². The molecular weight excluding hydrogens is 229 g/mol. The molecule has 0 spiro atoms. The van der Waals surface area contributed by atoms with Crippen LogP contribution in [-0.4, -0.2) is 30.0 Å². The van der Waals surface area contributed by atoms with Gasteiger partial charge in [-0.15, -0.1) is 0 Å². The number of nitrogens with zero attached hydrogens (tertiary/aromatic N) is 2. The number of likely N-dealkylation sites (tertiary alicyclic amines) is 1. The van der Waals surface area contributed by atoms with Gasteiger partial charge in [-0.25, -0.2) is 9.38 Å². The molecule has 1 heterocycles. The zero-order valence-electron chi connectivity index (χ0n) is 10.3. The second-order valence-corrected chi connectivity index (χ2v) is 5.21. The molecule has 0 bridgehead atoms. The molecule has 0 amide bonds. The minimum atomic E-state index is -0.153. The third-order valence-corrected chi connectivity index (χ3v) is 3.93. The summed E-state index contributed by atoms with van der Waals surface area (Å²) >= 11 is 0. The van der Waals surface area contributed by atoms with E-state index in [0.29, 0.717) is 17.9 Å². The number of hydrogen-bond acceptors (Lipinski definition) is 1. The maximum absolute atomic E-state index is 13.1. The number of rotatable bonds is 2. The lowest BCUT2D eigenvalue weighted by Gasteiger charge is -2.36. The first-order valence-corrected chi connectivity index (χ1v) is 6.56. The largest absolute Gasteiger partial charge is 0.370 e. The lowest BCUT2D eigenvalue weighted by Crippen LogP contribution is -2.47. The van der Waals surface area contributed by atoms with Crippen LogP contribution in [0.5, 0.6) is 0 Å². The van der Waals surface area contributed by atoms with Gasteiger partial charge in [0.05, 0.1) is 6.04 Å². The highest BCUT2D eigenvalue weighted by atomic mass is 19.1. The average Bonchev–Trinajstić information content (AvgIpc) is 2.20. The highest BCUT2D eigenvalue weighted by Gasteiger charge is 2.31. The Kier molecular flexibility index (Phi) is 2.94. The molecule has 1 saturated carbocycles. The molecule has 3 nitrogen and oxygen atoms in total. The molecule has 1 aromatic carbocycles. The highest BCUT2D eigenvalue weighted by Crippen LogP contribution is 2.39. The quantitative estimate of drug-likeness (QED) is 0.642. The first-order chi connectivity index (χ1) is 8.72. The standard InChI is InChI=1S/C14H18FN3/c15-12-4-1-3-10(7-12)11-8-13(9-11)17-14(16)18-5-2-6-18/h1,3-4,7,11,13H,2,5-6,8-9H2,(H2,16,17). The molecule has 1 aromatic rings. The summed E-state index contributed by atoms with van der Waals surface area (Å²) in [5.74, 6) is 0.974. The Morgan fingerprint density at radius 1 is 1.33 bits per heavy atom. The Labute approximate surface area is 106 Å². The van der Waals surface area contributed by atoms with Gasteiger partial charge in [-0.3, -0.25) is 0 Å². The topological polar surface area (TPSA) is 41.6 Å². The molecule has 2 fully saturated rings. The molecule has 0 radical (unpaired) electrons. The van der Waals surface area contributed by atoms with Gasteiger partial charge < -0.3 is 10.6 Å². The van der Waals surface area contributed by atoms with Gasteiger partial charge in [0, 0.05) is 13.1 Å². The lowest BCUT2D eigenvalue weighted by molar-refractivity contribution is 0.286. The number of benzene rings is 1. The van der Waals surface area contributed by atoms with Crippen molar-refractivity contribution in [2.45, 2.75) is 31.2 Å². The van der Waals surface area contributed by atoms with E-state index in [2.05, 4.69) is 9.89 Å². The molecule has 96 valence electrons. The van der Waals surface area contributed by atoms with E-state index in [0.717, 1.165) is 31.5 Å². The summed E-state index contributed by atoms with van der Waals surface area (Å²) in [4.78, 5) is 6.64. The third-order valence-electron chi connectivity index (χ3n) is 3.93. The van der Waals surface area contributed by atoms with Crippen LogP contribution in [0.4, 0.5) is 4.39 Å². The molecule has 0 unspecified atom stereocenters. The van der Waals surface area contributed by atoms with Gasteiger partial charge in [-0.05, 0) is 42.9 Å². The minimum Gasteiger partial charge on any atom is -0.370 e. The van der Waals surface area contributed by atoms with E-state index in [1.54, 1.807) is 12.1 Å². The Balaban J connectivity index is 1.56. The molecular formula is C14H18FN3. The Morgan fingerprint density at radius 3 is 2.72 bits per heavy atom.